The van der Waals surface area contributed by atoms with E-state index in [0.29, 0.717) is 0 Å². The summed E-state index contributed by atoms with van der Waals surface area (Å²) in [6, 6.07) is 42.7. The largest absolute Gasteiger partial charge is 0.354 e. The van der Waals surface area contributed by atoms with Crippen LogP contribution in [0.2, 0.25) is 0 Å². The molecule has 0 radical (unpaired) electrons. The number of anilines is 3. The molecule has 0 fully saturated rings. The Bertz CT molecular complexity index is 2190. The molecule has 0 aliphatic carbocycles. The van der Waals surface area contributed by atoms with Crippen LogP contribution in [0.3, 0.4) is 0 Å². The summed E-state index contributed by atoms with van der Waals surface area (Å²) in [7, 11) is 0.907. The van der Waals surface area contributed by atoms with Gasteiger partial charge in [-0.3, -0.25) is 0 Å². The minimum atomic E-state index is -0.0639. The van der Waals surface area contributed by atoms with E-state index in [2.05, 4.69) is 139 Å². The molecule has 40 heavy (non-hydrogen) atoms. The van der Waals surface area contributed by atoms with Crippen LogP contribution in [0.5, 0.6) is 0 Å². The van der Waals surface area contributed by atoms with Crippen LogP contribution in [0.1, 0.15) is 25.0 Å². The zero-order valence-corrected chi connectivity index (χ0v) is 22.6. The highest BCUT2D eigenvalue weighted by atomic mass is 15.2. The third-order valence-electron chi connectivity index (χ3n) is 9.39. The molecular formula is C37H27BN2. The van der Waals surface area contributed by atoms with Crippen molar-refractivity contribution in [3.8, 4) is 11.1 Å². The third kappa shape index (κ3) is 2.74. The molecule has 0 saturated heterocycles. The van der Waals surface area contributed by atoms with Gasteiger partial charge in [0.05, 0.1) is 11.2 Å². The molecule has 1 aromatic heterocycles. The summed E-state index contributed by atoms with van der Waals surface area (Å²) in [6.07, 6.45) is 0. The molecule has 0 unspecified atom stereocenters. The average molecular weight is 510 g/mol. The topological polar surface area (TPSA) is 19.0 Å². The van der Waals surface area contributed by atoms with E-state index in [1.54, 1.807) is 0 Å². The van der Waals surface area contributed by atoms with Gasteiger partial charge in [0.2, 0.25) is 0 Å². The molecule has 188 valence electrons. The Morgan fingerprint density at radius 3 is 2.30 bits per heavy atom. The highest BCUT2D eigenvalue weighted by Crippen LogP contribution is 2.52. The number of benzene rings is 6. The predicted molar refractivity (Wildman–Crippen MR) is 172 cm³/mol. The molecular weight excluding hydrogens is 483 g/mol. The molecule has 9 rings (SSSR count). The summed E-state index contributed by atoms with van der Waals surface area (Å²) in [5.41, 5.74) is 14.5. The number of hydrogen-bond donors (Lipinski definition) is 1. The van der Waals surface area contributed by atoms with E-state index >= 15 is 0 Å². The maximum absolute atomic E-state index is 3.79. The Morgan fingerprint density at radius 1 is 0.650 bits per heavy atom. The van der Waals surface area contributed by atoms with E-state index in [9.17, 15) is 0 Å². The summed E-state index contributed by atoms with van der Waals surface area (Å²) in [5.74, 6) is 0. The first kappa shape index (κ1) is 22.1. The minimum absolute atomic E-state index is 0.0639. The molecule has 0 spiro atoms. The second kappa shape index (κ2) is 7.67. The van der Waals surface area contributed by atoms with Crippen LogP contribution in [0.15, 0.2) is 115 Å². The molecule has 2 aliphatic rings. The Hall–Kier alpha value is -4.76. The van der Waals surface area contributed by atoms with Crippen LogP contribution in [0.25, 0.3) is 43.7 Å². The lowest BCUT2D eigenvalue weighted by Crippen LogP contribution is -2.45. The number of para-hydroxylation sites is 4. The zero-order chi connectivity index (χ0) is 26.6. The van der Waals surface area contributed by atoms with Gasteiger partial charge in [0.1, 0.15) is 0 Å². The smallest absolute Gasteiger partial charge is 0.198 e. The standard InChI is InChI=1S/C37H27BN2/c1-37(2)27-16-6-8-20-31(27)40-32-21-22-11-3-4-12-23(22)33(34(32)38-29-18-10-17-28(37)36(29)40)26-15-9-14-25-24-13-5-7-19-30(24)39-35(25)26/h3-21,38-39H,1-2H3. The van der Waals surface area contributed by atoms with Gasteiger partial charge >= 0.3 is 0 Å². The molecule has 1 N–H and O–H groups in total. The van der Waals surface area contributed by atoms with Crippen LogP contribution in [0.4, 0.5) is 17.1 Å². The first-order chi connectivity index (χ1) is 19.6. The van der Waals surface area contributed by atoms with Crippen molar-refractivity contribution in [2.75, 3.05) is 4.90 Å². The van der Waals surface area contributed by atoms with E-state index < -0.39 is 0 Å². The van der Waals surface area contributed by atoms with E-state index in [1.165, 1.54) is 82.8 Å². The third-order valence-corrected chi connectivity index (χ3v) is 9.39. The maximum atomic E-state index is 3.79. The van der Waals surface area contributed by atoms with Crippen molar-refractivity contribution in [2.24, 2.45) is 0 Å². The SMILES string of the molecule is CC1(C)c2ccccc2N2c3cc4ccccc4c(-c4cccc5c4[nH]c4ccccc45)c3Bc3cccc1c32. The van der Waals surface area contributed by atoms with Crippen molar-refractivity contribution >= 4 is 67.8 Å². The van der Waals surface area contributed by atoms with Gasteiger partial charge in [0.25, 0.3) is 0 Å². The summed E-state index contributed by atoms with van der Waals surface area (Å²) in [6.45, 7) is 4.74. The lowest BCUT2D eigenvalue weighted by atomic mass is 9.55. The monoisotopic (exact) mass is 510 g/mol. The van der Waals surface area contributed by atoms with Gasteiger partial charge in [-0.15, -0.1) is 0 Å². The highest BCUT2D eigenvalue weighted by Gasteiger charge is 2.41. The number of nitrogens with one attached hydrogen (secondary N) is 1. The molecule has 3 heteroatoms. The first-order valence-electron chi connectivity index (χ1n) is 14.2. The van der Waals surface area contributed by atoms with Gasteiger partial charge in [0, 0.05) is 38.6 Å². The van der Waals surface area contributed by atoms with Crippen molar-refractivity contribution in [3.05, 3.63) is 126 Å². The summed E-state index contributed by atoms with van der Waals surface area (Å²) >= 11 is 0. The second-order valence-corrected chi connectivity index (χ2v) is 11.8. The normalized spacial score (nSPS) is 14.6. The number of aromatic nitrogens is 1. The fourth-order valence-corrected chi connectivity index (χ4v) is 7.55. The van der Waals surface area contributed by atoms with Crippen molar-refractivity contribution < 1.29 is 0 Å². The fourth-order valence-electron chi connectivity index (χ4n) is 7.55. The Labute approximate surface area is 234 Å². The van der Waals surface area contributed by atoms with E-state index in [4.69, 9.17) is 0 Å². The summed E-state index contributed by atoms with van der Waals surface area (Å²) in [4.78, 5) is 6.35. The second-order valence-electron chi connectivity index (χ2n) is 11.8. The molecule has 2 nitrogen and oxygen atoms in total. The van der Waals surface area contributed by atoms with Gasteiger partial charge in [-0.1, -0.05) is 116 Å². The number of H-pyrrole nitrogens is 1. The zero-order valence-electron chi connectivity index (χ0n) is 22.6. The fraction of sp³-hybridized carbons (Fsp3) is 0.0811. The van der Waals surface area contributed by atoms with Crippen LogP contribution < -0.4 is 15.8 Å². The average Bonchev–Trinajstić information content (AvgIpc) is 3.37. The van der Waals surface area contributed by atoms with E-state index in [1.807, 2.05) is 0 Å². The maximum Gasteiger partial charge on any atom is 0.198 e. The quantitative estimate of drug-likeness (QED) is 0.222. The van der Waals surface area contributed by atoms with Crippen LogP contribution in [-0.4, -0.2) is 12.3 Å². The molecule has 0 bridgehead atoms. The van der Waals surface area contributed by atoms with Crippen molar-refractivity contribution in [1.82, 2.24) is 4.98 Å². The number of hydrogen-bond acceptors (Lipinski definition) is 1. The van der Waals surface area contributed by atoms with E-state index in [0.717, 1.165) is 7.28 Å². The van der Waals surface area contributed by atoms with Crippen molar-refractivity contribution in [1.29, 1.82) is 0 Å². The highest BCUT2D eigenvalue weighted by molar-refractivity contribution is 6.74. The number of fused-ring (bicyclic) bond motifs is 8. The number of aromatic amines is 1. The predicted octanol–water partition coefficient (Wildman–Crippen LogP) is 7.95. The number of rotatable bonds is 1. The number of nitrogens with zero attached hydrogens (tertiary/aromatic N) is 1. The van der Waals surface area contributed by atoms with Gasteiger partial charge in [0.15, 0.2) is 7.28 Å². The van der Waals surface area contributed by atoms with Crippen molar-refractivity contribution in [2.45, 2.75) is 19.3 Å². The molecule has 0 saturated carbocycles. The molecule has 2 aliphatic heterocycles. The molecule has 7 aromatic rings. The Morgan fingerprint density at radius 2 is 1.38 bits per heavy atom. The molecule has 6 aromatic carbocycles. The lowest BCUT2D eigenvalue weighted by Gasteiger charge is -2.46. The van der Waals surface area contributed by atoms with E-state index in [-0.39, 0.29) is 5.41 Å². The van der Waals surface area contributed by atoms with Crippen LogP contribution in [0, 0.1) is 0 Å². The molecule has 3 heterocycles. The lowest BCUT2D eigenvalue weighted by molar-refractivity contribution is 0.632. The van der Waals surface area contributed by atoms with Gasteiger partial charge < -0.3 is 9.88 Å². The summed E-state index contributed by atoms with van der Waals surface area (Å²) in [5, 5.41) is 5.12. The van der Waals surface area contributed by atoms with Crippen LogP contribution >= 0.6 is 0 Å². The van der Waals surface area contributed by atoms with Crippen LogP contribution in [-0.2, 0) is 5.41 Å². The molecule has 0 atom stereocenters. The van der Waals surface area contributed by atoms with Gasteiger partial charge in [-0.05, 0) is 51.1 Å². The first-order valence-corrected chi connectivity index (χ1v) is 14.2. The summed E-state index contributed by atoms with van der Waals surface area (Å²) < 4.78 is 0. The molecule has 0 amide bonds. The Kier molecular flexibility index (Phi) is 4.24. The Balaban J connectivity index is 1.43. The minimum Gasteiger partial charge on any atom is -0.354 e. The van der Waals surface area contributed by atoms with Gasteiger partial charge in [-0.25, -0.2) is 0 Å². The van der Waals surface area contributed by atoms with Gasteiger partial charge in [-0.2, -0.15) is 0 Å². The van der Waals surface area contributed by atoms with Crippen molar-refractivity contribution in [3.63, 3.8) is 0 Å².